The predicted octanol–water partition coefficient (Wildman–Crippen LogP) is 2.02. The monoisotopic (exact) mass is 278 g/mol. The van der Waals surface area contributed by atoms with E-state index in [4.69, 9.17) is 15.2 Å². The summed E-state index contributed by atoms with van der Waals surface area (Å²) < 4.78 is 10.9. The second-order valence-electron chi connectivity index (χ2n) is 5.73. The van der Waals surface area contributed by atoms with Crippen molar-refractivity contribution in [3.63, 3.8) is 0 Å². The molecule has 1 unspecified atom stereocenters. The molecule has 1 aliphatic heterocycles. The first-order chi connectivity index (χ1) is 9.41. The van der Waals surface area contributed by atoms with Crippen molar-refractivity contribution in [1.82, 2.24) is 5.32 Å². The number of nitrogens with one attached hydrogen (secondary N) is 1. The summed E-state index contributed by atoms with van der Waals surface area (Å²) in [5.74, 6) is 0.760. The molecule has 0 aromatic heterocycles. The Hall–Kier alpha value is -1.75. The summed E-state index contributed by atoms with van der Waals surface area (Å²) in [4.78, 5) is 11.9. The highest BCUT2D eigenvalue weighted by Gasteiger charge is 2.34. The SMILES string of the molecule is COCCC(=O)NC1CC(C)(C)Oc2ccc(N)cc21. The molecule has 0 radical (unpaired) electrons. The maximum Gasteiger partial charge on any atom is 0.222 e. The number of anilines is 1. The van der Waals surface area contributed by atoms with E-state index in [9.17, 15) is 4.79 Å². The van der Waals surface area contributed by atoms with E-state index in [0.29, 0.717) is 25.1 Å². The second-order valence-corrected chi connectivity index (χ2v) is 5.73. The third-order valence-electron chi connectivity index (χ3n) is 3.36. The standard InChI is InChI=1S/C15H22N2O3/c1-15(2)9-12(17-14(18)6-7-19-3)11-8-10(16)4-5-13(11)20-15/h4-5,8,12H,6-7,9,16H2,1-3H3,(H,17,18). The highest BCUT2D eigenvalue weighted by molar-refractivity contribution is 5.76. The van der Waals surface area contributed by atoms with Crippen molar-refractivity contribution in [2.45, 2.75) is 38.3 Å². The van der Waals surface area contributed by atoms with Crippen LogP contribution in [0.25, 0.3) is 0 Å². The smallest absolute Gasteiger partial charge is 0.222 e. The minimum absolute atomic E-state index is 0.0251. The first kappa shape index (κ1) is 14.7. The summed E-state index contributed by atoms with van der Waals surface area (Å²) in [5, 5.41) is 3.04. The van der Waals surface area contributed by atoms with E-state index in [1.165, 1.54) is 0 Å². The quantitative estimate of drug-likeness (QED) is 0.826. The minimum atomic E-state index is -0.317. The van der Waals surface area contributed by atoms with Gasteiger partial charge in [-0.25, -0.2) is 0 Å². The van der Waals surface area contributed by atoms with E-state index in [1.807, 2.05) is 32.0 Å². The topological polar surface area (TPSA) is 73.6 Å². The first-order valence-electron chi connectivity index (χ1n) is 6.78. The van der Waals surface area contributed by atoms with Gasteiger partial charge in [0, 0.05) is 31.2 Å². The highest BCUT2D eigenvalue weighted by Crippen LogP contribution is 2.40. The molecule has 110 valence electrons. The second kappa shape index (κ2) is 5.71. The van der Waals surface area contributed by atoms with E-state index in [1.54, 1.807) is 7.11 Å². The Balaban J connectivity index is 2.20. The number of methoxy groups -OCH3 is 1. The lowest BCUT2D eigenvalue weighted by molar-refractivity contribution is -0.123. The molecule has 0 fully saturated rings. The van der Waals surface area contributed by atoms with Crippen molar-refractivity contribution in [3.8, 4) is 5.75 Å². The fraction of sp³-hybridized carbons (Fsp3) is 0.533. The van der Waals surface area contributed by atoms with Crippen LogP contribution in [0.4, 0.5) is 5.69 Å². The van der Waals surface area contributed by atoms with Crippen LogP contribution >= 0.6 is 0 Å². The molecule has 1 amide bonds. The number of carbonyl (C=O) groups excluding carboxylic acids is 1. The van der Waals surface area contributed by atoms with Gasteiger partial charge in [-0.15, -0.1) is 0 Å². The Morgan fingerprint density at radius 1 is 1.55 bits per heavy atom. The van der Waals surface area contributed by atoms with Crippen LogP contribution in [0.15, 0.2) is 18.2 Å². The number of amides is 1. The zero-order valence-corrected chi connectivity index (χ0v) is 12.2. The Kier molecular flexibility index (Phi) is 4.18. The predicted molar refractivity (Wildman–Crippen MR) is 77.6 cm³/mol. The fourth-order valence-corrected chi connectivity index (χ4v) is 2.46. The van der Waals surface area contributed by atoms with E-state index in [2.05, 4.69) is 5.32 Å². The van der Waals surface area contributed by atoms with Gasteiger partial charge >= 0.3 is 0 Å². The molecule has 1 aromatic rings. The van der Waals surface area contributed by atoms with Crippen LogP contribution in [0.1, 0.15) is 38.3 Å². The summed E-state index contributed by atoms with van der Waals surface area (Å²) in [6.45, 7) is 4.45. The van der Waals surface area contributed by atoms with Crippen molar-refractivity contribution in [2.24, 2.45) is 0 Å². The molecule has 1 heterocycles. The van der Waals surface area contributed by atoms with Crippen LogP contribution in [0.3, 0.4) is 0 Å². The Morgan fingerprint density at radius 3 is 3.00 bits per heavy atom. The Morgan fingerprint density at radius 2 is 2.30 bits per heavy atom. The molecule has 0 spiro atoms. The summed E-state index contributed by atoms with van der Waals surface area (Å²) in [7, 11) is 1.58. The lowest BCUT2D eigenvalue weighted by atomic mass is 9.89. The van der Waals surface area contributed by atoms with Gasteiger partial charge in [0.05, 0.1) is 12.6 Å². The Labute approximate surface area is 119 Å². The normalized spacial score (nSPS) is 19.9. The minimum Gasteiger partial charge on any atom is -0.487 e. The molecule has 5 heteroatoms. The maximum absolute atomic E-state index is 11.9. The highest BCUT2D eigenvalue weighted by atomic mass is 16.5. The van der Waals surface area contributed by atoms with Crippen LogP contribution in [-0.4, -0.2) is 25.2 Å². The molecule has 0 aliphatic carbocycles. The van der Waals surface area contributed by atoms with Gasteiger partial charge in [0.25, 0.3) is 0 Å². The molecule has 2 rings (SSSR count). The average molecular weight is 278 g/mol. The molecule has 1 aromatic carbocycles. The van der Waals surface area contributed by atoms with Crippen LogP contribution in [-0.2, 0) is 9.53 Å². The third-order valence-corrected chi connectivity index (χ3v) is 3.36. The van der Waals surface area contributed by atoms with Gasteiger partial charge in [-0.1, -0.05) is 0 Å². The van der Waals surface area contributed by atoms with Crippen molar-refractivity contribution in [2.75, 3.05) is 19.5 Å². The Bertz CT molecular complexity index is 500. The zero-order valence-electron chi connectivity index (χ0n) is 12.2. The van der Waals surface area contributed by atoms with Crippen LogP contribution in [0, 0.1) is 0 Å². The van der Waals surface area contributed by atoms with Crippen LogP contribution in [0.2, 0.25) is 0 Å². The van der Waals surface area contributed by atoms with Gasteiger partial charge in [0.1, 0.15) is 11.4 Å². The zero-order chi connectivity index (χ0) is 14.8. The molecule has 1 aliphatic rings. The summed E-state index contributed by atoms with van der Waals surface area (Å²) >= 11 is 0. The van der Waals surface area contributed by atoms with Crippen LogP contribution < -0.4 is 15.8 Å². The van der Waals surface area contributed by atoms with Crippen molar-refractivity contribution >= 4 is 11.6 Å². The number of rotatable bonds is 4. The van der Waals surface area contributed by atoms with Gasteiger partial charge in [-0.2, -0.15) is 0 Å². The number of hydrogen-bond acceptors (Lipinski definition) is 4. The van der Waals surface area contributed by atoms with Crippen molar-refractivity contribution < 1.29 is 14.3 Å². The van der Waals surface area contributed by atoms with Gasteiger partial charge in [0.2, 0.25) is 5.91 Å². The van der Waals surface area contributed by atoms with E-state index in [0.717, 1.165) is 11.3 Å². The van der Waals surface area contributed by atoms with Gasteiger partial charge in [0.15, 0.2) is 0 Å². The van der Waals surface area contributed by atoms with E-state index < -0.39 is 0 Å². The summed E-state index contributed by atoms with van der Waals surface area (Å²) in [6.07, 6.45) is 1.06. The maximum atomic E-state index is 11.9. The average Bonchev–Trinajstić information content (AvgIpc) is 2.36. The largest absolute Gasteiger partial charge is 0.487 e. The number of carbonyl (C=O) groups is 1. The molecular weight excluding hydrogens is 256 g/mol. The number of benzene rings is 1. The lowest BCUT2D eigenvalue weighted by Crippen LogP contribution is -2.41. The molecule has 5 nitrogen and oxygen atoms in total. The summed E-state index contributed by atoms with van der Waals surface area (Å²) in [6, 6.07) is 5.46. The first-order valence-corrected chi connectivity index (χ1v) is 6.78. The van der Waals surface area contributed by atoms with Crippen molar-refractivity contribution in [1.29, 1.82) is 0 Å². The third kappa shape index (κ3) is 3.42. The molecule has 0 saturated heterocycles. The number of nitrogen functional groups attached to an aromatic ring is 1. The molecule has 3 N–H and O–H groups in total. The molecule has 1 atom stereocenters. The molecule has 0 bridgehead atoms. The van der Waals surface area contributed by atoms with Crippen molar-refractivity contribution in [3.05, 3.63) is 23.8 Å². The van der Waals surface area contributed by atoms with Gasteiger partial charge in [-0.05, 0) is 32.0 Å². The van der Waals surface area contributed by atoms with Gasteiger partial charge < -0.3 is 20.5 Å². The number of ether oxygens (including phenoxy) is 2. The van der Waals surface area contributed by atoms with E-state index in [-0.39, 0.29) is 17.6 Å². The van der Waals surface area contributed by atoms with Gasteiger partial charge in [-0.3, -0.25) is 4.79 Å². The number of hydrogen-bond donors (Lipinski definition) is 2. The summed E-state index contributed by atoms with van der Waals surface area (Å²) in [5.41, 5.74) is 7.13. The van der Waals surface area contributed by atoms with E-state index >= 15 is 0 Å². The number of fused-ring (bicyclic) bond motifs is 1. The molecule has 0 saturated carbocycles. The number of nitrogens with two attached hydrogens (primary N) is 1. The lowest BCUT2D eigenvalue weighted by Gasteiger charge is -2.38. The fourth-order valence-electron chi connectivity index (χ4n) is 2.46. The van der Waals surface area contributed by atoms with Crippen LogP contribution in [0.5, 0.6) is 5.75 Å². The molecular formula is C15H22N2O3. The molecule has 20 heavy (non-hydrogen) atoms.